The van der Waals surface area contributed by atoms with E-state index in [4.69, 9.17) is 5.10 Å². The lowest BCUT2D eigenvalue weighted by Crippen LogP contribution is -2.47. The highest BCUT2D eigenvalue weighted by Gasteiger charge is 2.31. The van der Waals surface area contributed by atoms with Gasteiger partial charge in [0.25, 0.3) is 11.5 Å². The second kappa shape index (κ2) is 19.0. The zero-order valence-electron chi connectivity index (χ0n) is 39.1. The summed E-state index contributed by atoms with van der Waals surface area (Å²) >= 11 is 0. The number of carbonyl (C=O) groups excluding carboxylic acids is 3. The summed E-state index contributed by atoms with van der Waals surface area (Å²) in [5.74, 6) is -3.65. The Morgan fingerprint density at radius 3 is 2.39 bits per heavy atom. The molecule has 8 heterocycles. The second-order valence-electron chi connectivity index (χ2n) is 18.7. The Morgan fingerprint density at radius 1 is 0.886 bits per heavy atom. The van der Waals surface area contributed by atoms with Gasteiger partial charge in [-0.3, -0.25) is 43.5 Å². The van der Waals surface area contributed by atoms with Crippen LogP contribution in [-0.2, 0) is 36.3 Å². The first-order valence-electron chi connectivity index (χ1n) is 23.7. The topological polar surface area (TPSA) is 155 Å². The van der Waals surface area contributed by atoms with E-state index in [0.717, 1.165) is 61.3 Å². The number of piperidine rings is 2. The molecule has 6 aromatic rings. The molecule has 70 heavy (non-hydrogen) atoms. The third-order valence-electron chi connectivity index (χ3n) is 14.4. The lowest BCUT2D eigenvalue weighted by molar-refractivity contribution is -0.133. The van der Waals surface area contributed by atoms with Crippen molar-refractivity contribution in [3.05, 3.63) is 140 Å². The van der Waals surface area contributed by atoms with E-state index in [0.29, 0.717) is 79.1 Å². The van der Waals surface area contributed by atoms with E-state index in [-0.39, 0.29) is 53.5 Å². The van der Waals surface area contributed by atoms with Crippen LogP contribution in [-0.4, -0.2) is 102 Å². The van der Waals surface area contributed by atoms with E-state index >= 15 is 13.2 Å². The van der Waals surface area contributed by atoms with E-state index in [1.165, 1.54) is 16.7 Å². The van der Waals surface area contributed by atoms with Crippen LogP contribution in [0.2, 0.25) is 0 Å². The van der Waals surface area contributed by atoms with Gasteiger partial charge in [-0.15, -0.1) is 0 Å². The van der Waals surface area contributed by atoms with Crippen LogP contribution in [0.25, 0.3) is 22.3 Å². The average molecular weight is 960 g/mol. The Kier molecular flexibility index (Phi) is 12.6. The predicted octanol–water partition coefficient (Wildman–Crippen LogP) is 6.62. The molecule has 0 bridgehead atoms. The molecule has 0 saturated carbocycles. The molecule has 0 spiro atoms. The lowest BCUT2D eigenvalue weighted by Gasteiger charge is -2.32. The number of aryl methyl sites for hydroxylation is 1. The van der Waals surface area contributed by atoms with Crippen LogP contribution >= 0.6 is 0 Å². The minimum atomic E-state index is -0.799. The molecule has 19 heteroatoms. The van der Waals surface area contributed by atoms with E-state index in [1.807, 2.05) is 41.4 Å². The normalized spacial score (nSPS) is 18.7. The molecule has 0 aliphatic carbocycles. The molecule has 4 aliphatic heterocycles. The van der Waals surface area contributed by atoms with Gasteiger partial charge in [0.2, 0.25) is 11.8 Å². The quantitative estimate of drug-likeness (QED) is 0.0954. The van der Waals surface area contributed by atoms with Crippen molar-refractivity contribution in [2.75, 3.05) is 50.4 Å². The van der Waals surface area contributed by atoms with Crippen LogP contribution in [0.4, 0.5) is 28.9 Å². The molecule has 2 saturated heterocycles. The smallest absolute Gasteiger partial charge is 0.257 e. The van der Waals surface area contributed by atoms with Crippen molar-refractivity contribution in [3.63, 3.8) is 0 Å². The molecule has 2 atom stereocenters. The van der Waals surface area contributed by atoms with Gasteiger partial charge < -0.3 is 20.1 Å². The van der Waals surface area contributed by atoms with Crippen molar-refractivity contribution in [2.45, 2.75) is 76.7 Å². The summed E-state index contributed by atoms with van der Waals surface area (Å²) in [5, 5.41) is 13.5. The Morgan fingerprint density at radius 2 is 1.67 bits per heavy atom. The van der Waals surface area contributed by atoms with Crippen LogP contribution in [0.15, 0.2) is 77.9 Å². The number of hydrogen-bond acceptors (Lipinski definition) is 10. The number of nitrogens with one attached hydrogen (secondary N) is 3. The maximum absolute atomic E-state index is 15.9. The number of nitrogens with zero attached hydrogens (tertiary/aromatic N) is 8. The number of halogens is 4. The largest absolute Gasteiger partial charge is 0.386 e. The molecular weight excluding hydrogens is 907 g/mol. The number of imide groups is 1. The highest BCUT2D eigenvalue weighted by atomic mass is 19.1. The van der Waals surface area contributed by atoms with Gasteiger partial charge in [-0.05, 0) is 105 Å². The molecule has 15 nitrogen and oxygen atoms in total. The fourth-order valence-electron chi connectivity index (χ4n) is 10.5. The number of amides is 3. The summed E-state index contributed by atoms with van der Waals surface area (Å²) in [4.78, 5) is 61.0. The standard InChI is InChI=1S/C51H53F4N11O4/c1-29(45-24-37-44(8-13-57-49(37)61(45)3)65-28-41(55)43(56-2)25-47(65)68)63-16-11-31(12-17-63)48-39(53)20-32(21-40(48)54)51(70)64-18-19-66-35(27-64)22-34(60-66)26-62-14-9-30(10-15-62)36-5-4-33(23-38(36)52)58-42-6-7-46(67)59-50(42)69/h4-5,8,11,13,20-25,28-30,42,56,58H,6-7,9-10,12,14-19,26-27H2,1-3H3,(H,59,67,69)/t29-,42?/m1/s1. The van der Waals surface area contributed by atoms with Gasteiger partial charge >= 0.3 is 0 Å². The zero-order valence-corrected chi connectivity index (χ0v) is 39.1. The summed E-state index contributed by atoms with van der Waals surface area (Å²) < 4.78 is 67.0. The summed E-state index contributed by atoms with van der Waals surface area (Å²) in [6.07, 6.45) is 7.01. The molecular formula is C51H53F4N11O4. The van der Waals surface area contributed by atoms with E-state index in [1.54, 1.807) is 36.3 Å². The number of carbonyl (C=O) groups is 3. The maximum Gasteiger partial charge on any atom is 0.257 e. The maximum atomic E-state index is 15.9. The number of hydrogen-bond donors (Lipinski definition) is 3. The SMILES string of the molecule is CNc1cc(=O)n(-c2ccnc3c2cc([C@@H](C)N2CC=C(c4c(F)cc(C(=O)N5CCn6nc(CN7CCC(c8ccc(NC9CCC(=O)NC9=O)cc8F)CC7)cc6C5)cc4F)CC2)n3C)cc1F. The van der Waals surface area contributed by atoms with Crippen LogP contribution in [0.5, 0.6) is 0 Å². The number of aromatic nitrogens is 5. The van der Waals surface area contributed by atoms with Crippen LogP contribution in [0, 0.1) is 23.3 Å². The highest BCUT2D eigenvalue weighted by molar-refractivity contribution is 6.01. The van der Waals surface area contributed by atoms with E-state index in [2.05, 4.69) is 30.7 Å². The predicted molar refractivity (Wildman–Crippen MR) is 255 cm³/mol. The molecule has 0 radical (unpaired) electrons. The number of likely N-dealkylation sites (tertiary alicyclic amines) is 1. The molecule has 10 rings (SSSR count). The monoisotopic (exact) mass is 959 g/mol. The number of anilines is 2. The van der Waals surface area contributed by atoms with Crippen molar-refractivity contribution >= 4 is 45.7 Å². The highest BCUT2D eigenvalue weighted by Crippen LogP contribution is 2.36. The van der Waals surface area contributed by atoms with Gasteiger partial charge in [-0.25, -0.2) is 22.5 Å². The summed E-state index contributed by atoms with van der Waals surface area (Å²) in [6.45, 7) is 5.98. The summed E-state index contributed by atoms with van der Waals surface area (Å²) in [5.41, 5.74) is 4.82. The fourth-order valence-corrected chi connectivity index (χ4v) is 10.5. The number of rotatable bonds is 11. The summed E-state index contributed by atoms with van der Waals surface area (Å²) in [7, 11) is 3.42. The molecule has 364 valence electrons. The van der Waals surface area contributed by atoms with E-state index < -0.39 is 40.9 Å². The Bertz CT molecular complexity index is 3130. The first-order chi connectivity index (χ1) is 33.7. The number of benzene rings is 2. The van der Waals surface area contributed by atoms with Gasteiger partial charge in [0, 0.05) is 92.9 Å². The minimum Gasteiger partial charge on any atom is -0.386 e. The van der Waals surface area contributed by atoms with Crippen LogP contribution < -0.4 is 21.5 Å². The third kappa shape index (κ3) is 8.98. The van der Waals surface area contributed by atoms with Crippen molar-refractivity contribution in [3.8, 4) is 5.69 Å². The third-order valence-corrected chi connectivity index (χ3v) is 14.4. The fraction of sp³-hybridized carbons (Fsp3) is 0.373. The molecule has 4 aliphatic rings. The van der Waals surface area contributed by atoms with Crippen molar-refractivity contribution in [2.24, 2.45) is 7.05 Å². The number of pyridine rings is 2. The van der Waals surface area contributed by atoms with Gasteiger partial charge in [0.15, 0.2) is 5.82 Å². The van der Waals surface area contributed by atoms with Crippen molar-refractivity contribution in [1.29, 1.82) is 0 Å². The first kappa shape index (κ1) is 46.6. The minimum absolute atomic E-state index is 0.0357. The number of fused-ring (bicyclic) bond motifs is 2. The first-order valence-corrected chi connectivity index (χ1v) is 23.7. The van der Waals surface area contributed by atoms with Crippen LogP contribution in [0.1, 0.15) is 89.6 Å². The Labute approximate surface area is 400 Å². The summed E-state index contributed by atoms with van der Waals surface area (Å²) in [6, 6.07) is 13.3. The average Bonchev–Trinajstić information content (AvgIpc) is 3.92. The van der Waals surface area contributed by atoms with Crippen molar-refractivity contribution in [1.82, 2.24) is 43.9 Å². The molecule has 1 unspecified atom stereocenters. The van der Waals surface area contributed by atoms with Gasteiger partial charge in [0.1, 0.15) is 29.1 Å². The Hall–Kier alpha value is -7.12. The molecule has 2 aromatic carbocycles. The zero-order chi connectivity index (χ0) is 49.0. The lowest BCUT2D eigenvalue weighted by atomic mass is 9.89. The molecule has 3 amide bonds. The Balaban J connectivity index is 0.744. The molecule has 3 N–H and O–H groups in total. The second-order valence-corrected chi connectivity index (χ2v) is 18.7. The van der Waals surface area contributed by atoms with Gasteiger partial charge in [-0.1, -0.05) is 12.1 Å². The van der Waals surface area contributed by atoms with Crippen LogP contribution in [0.3, 0.4) is 0 Å². The van der Waals surface area contributed by atoms with E-state index in [9.17, 15) is 23.6 Å². The van der Waals surface area contributed by atoms with Crippen molar-refractivity contribution < 1.29 is 31.9 Å². The van der Waals surface area contributed by atoms with Gasteiger partial charge in [-0.2, -0.15) is 5.10 Å². The molecule has 2 fully saturated rings. The molecule has 4 aromatic heterocycles. The van der Waals surface area contributed by atoms with Gasteiger partial charge in [0.05, 0.1) is 42.0 Å².